The molecule has 49 heavy (non-hydrogen) atoms. The van der Waals surface area contributed by atoms with Gasteiger partial charge in [-0.15, -0.1) is 0 Å². The molecule has 0 unspecified atom stereocenters. The van der Waals surface area contributed by atoms with Crippen LogP contribution in [0.15, 0.2) is 0 Å². The Balaban J connectivity index is 1.54. The van der Waals surface area contributed by atoms with Gasteiger partial charge in [0.25, 0.3) is 0 Å². The van der Waals surface area contributed by atoms with E-state index < -0.39 is 8.80 Å². The van der Waals surface area contributed by atoms with Crippen LogP contribution in [0.4, 0.5) is 0 Å². The highest BCUT2D eigenvalue weighted by atomic mass is 35.5. The minimum absolute atomic E-state index is 0.0338. The molecule has 0 spiro atoms. The summed E-state index contributed by atoms with van der Waals surface area (Å²) < 4.78 is 40.8. The zero-order chi connectivity index (χ0) is 36.2. The standard InChI is InChI=1S/C33H44Cl8O7Si/c1-5-33(18-43-19-33)20-45-32-29(40)25(36)22(26(37)30(32)41)21-23(34)27(38)31(28(39)24(21)35)44-16-12-10-9-11-14-42-15-13-17-49(46-6-2,47-7-3)48-8-4/h5-20H2,1-4H3. The molecule has 0 amide bonds. The average molecular weight is 864 g/mol. The van der Waals surface area contributed by atoms with Crippen LogP contribution in [0.1, 0.15) is 66.2 Å². The Labute approximate surface area is 331 Å². The Morgan fingerprint density at radius 3 is 1.39 bits per heavy atom. The molecule has 1 aliphatic rings. The average Bonchev–Trinajstić information content (AvgIpc) is 3.06. The van der Waals surface area contributed by atoms with Crippen molar-refractivity contribution in [2.45, 2.75) is 72.3 Å². The summed E-state index contributed by atoms with van der Waals surface area (Å²) in [5.74, 6) is 0.316. The summed E-state index contributed by atoms with van der Waals surface area (Å²) in [5.41, 5.74) is 0.223. The van der Waals surface area contributed by atoms with Crippen LogP contribution >= 0.6 is 92.8 Å². The lowest BCUT2D eigenvalue weighted by atomic mass is 9.84. The third kappa shape index (κ3) is 11.2. The molecule has 0 radical (unpaired) electrons. The van der Waals surface area contributed by atoms with Crippen LogP contribution in [-0.4, -0.2) is 68.3 Å². The first-order chi connectivity index (χ1) is 23.4. The number of hydrogen-bond donors (Lipinski definition) is 0. The van der Waals surface area contributed by atoms with Gasteiger partial charge in [-0.1, -0.05) is 106 Å². The fourth-order valence-electron chi connectivity index (χ4n) is 5.25. The van der Waals surface area contributed by atoms with Crippen molar-refractivity contribution < 1.29 is 32.2 Å². The van der Waals surface area contributed by atoms with Crippen molar-refractivity contribution in [3.8, 4) is 22.6 Å². The van der Waals surface area contributed by atoms with E-state index in [9.17, 15) is 0 Å². The van der Waals surface area contributed by atoms with Crippen molar-refractivity contribution in [1.29, 1.82) is 0 Å². The number of unbranched alkanes of at least 4 members (excludes halogenated alkanes) is 3. The maximum Gasteiger partial charge on any atom is 0.501 e. The molecule has 2 aromatic rings. The van der Waals surface area contributed by atoms with Crippen molar-refractivity contribution in [3.05, 3.63) is 40.2 Å². The normalized spacial score (nSPS) is 14.3. The van der Waals surface area contributed by atoms with Gasteiger partial charge in [-0.2, -0.15) is 0 Å². The zero-order valence-corrected chi connectivity index (χ0v) is 35.2. The van der Waals surface area contributed by atoms with Gasteiger partial charge >= 0.3 is 8.80 Å². The lowest BCUT2D eigenvalue weighted by Gasteiger charge is -2.40. The monoisotopic (exact) mass is 860 g/mol. The largest absolute Gasteiger partial charge is 0.501 e. The molecule has 7 nitrogen and oxygen atoms in total. The van der Waals surface area contributed by atoms with E-state index in [0.717, 1.165) is 44.6 Å². The summed E-state index contributed by atoms with van der Waals surface area (Å²) in [4.78, 5) is 0. The van der Waals surface area contributed by atoms with Crippen LogP contribution in [0, 0.1) is 5.41 Å². The second-order valence-corrected chi connectivity index (χ2v) is 17.3. The third-order valence-corrected chi connectivity index (χ3v) is 14.6. The molecular weight excluding hydrogens is 820 g/mol. The Bertz CT molecular complexity index is 1300. The molecule has 16 heteroatoms. The van der Waals surface area contributed by atoms with E-state index in [0.29, 0.717) is 59.5 Å². The van der Waals surface area contributed by atoms with E-state index in [4.69, 9.17) is 125 Å². The zero-order valence-electron chi connectivity index (χ0n) is 28.2. The quantitative estimate of drug-likeness (QED) is 0.0626. The van der Waals surface area contributed by atoms with E-state index >= 15 is 0 Å². The molecule has 1 saturated heterocycles. The van der Waals surface area contributed by atoms with Gasteiger partial charge in [0.15, 0.2) is 11.5 Å². The van der Waals surface area contributed by atoms with Gasteiger partial charge in [0, 0.05) is 50.2 Å². The molecule has 0 bridgehead atoms. The summed E-state index contributed by atoms with van der Waals surface area (Å²) >= 11 is 53.5. The molecule has 2 aromatic carbocycles. The maximum absolute atomic E-state index is 6.73. The van der Waals surface area contributed by atoms with E-state index in [1.807, 2.05) is 20.8 Å². The predicted octanol–water partition coefficient (Wildman–Crippen LogP) is 12.8. The van der Waals surface area contributed by atoms with Crippen molar-refractivity contribution in [2.75, 3.05) is 59.5 Å². The number of halogens is 8. The molecule has 278 valence electrons. The van der Waals surface area contributed by atoms with Gasteiger partial charge < -0.3 is 32.2 Å². The molecule has 3 rings (SSSR count). The minimum Gasteiger partial charge on any atom is -0.490 e. The highest BCUT2D eigenvalue weighted by molar-refractivity contribution is 6.60. The summed E-state index contributed by atoms with van der Waals surface area (Å²) in [6, 6.07) is 0.735. The van der Waals surface area contributed by atoms with Crippen LogP contribution in [-0.2, 0) is 22.8 Å². The molecular formula is C33H44Cl8O7Si. The molecule has 1 heterocycles. The van der Waals surface area contributed by atoms with E-state index in [1.54, 1.807) is 0 Å². The highest BCUT2D eigenvalue weighted by Crippen LogP contribution is 2.57. The van der Waals surface area contributed by atoms with Gasteiger partial charge in [-0.25, -0.2) is 0 Å². The van der Waals surface area contributed by atoms with Gasteiger partial charge in [-0.05, 0) is 52.9 Å². The maximum atomic E-state index is 6.73. The second kappa shape index (κ2) is 21.3. The SMILES string of the molecule is CCO[Si](CCCOCCCCCCOc1c(Cl)c(Cl)c(-c2c(Cl)c(Cl)c(OCC3(CC)COC3)c(Cl)c2Cl)c(Cl)c1Cl)(OCC)OCC. The second-order valence-electron chi connectivity index (χ2n) is 11.5. The Hall–Kier alpha value is 0.377. The highest BCUT2D eigenvalue weighted by Gasteiger charge is 2.40. The van der Waals surface area contributed by atoms with Crippen molar-refractivity contribution >= 4 is 102 Å². The Morgan fingerprint density at radius 2 is 0.980 bits per heavy atom. The van der Waals surface area contributed by atoms with Crippen LogP contribution in [0.25, 0.3) is 11.1 Å². The number of hydrogen-bond acceptors (Lipinski definition) is 7. The first-order valence-corrected chi connectivity index (χ1v) is 21.4. The summed E-state index contributed by atoms with van der Waals surface area (Å²) in [7, 11) is -2.63. The molecule has 0 atom stereocenters. The Kier molecular flexibility index (Phi) is 19.0. The van der Waals surface area contributed by atoms with Gasteiger partial charge in [0.1, 0.15) is 20.1 Å². The van der Waals surface area contributed by atoms with Crippen molar-refractivity contribution in [2.24, 2.45) is 5.41 Å². The van der Waals surface area contributed by atoms with Gasteiger partial charge in [0.2, 0.25) is 0 Å². The molecule has 0 N–H and O–H groups in total. The molecule has 0 saturated carbocycles. The number of rotatable bonds is 23. The first kappa shape index (κ1) is 43.8. The Morgan fingerprint density at radius 1 is 0.551 bits per heavy atom. The molecule has 0 aliphatic carbocycles. The first-order valence-electron chi connectivity index (χ1n) is 16.5. The van der Waals surface area contributed by atoms with Crippen molar-refractivity contribution in [3.63, 3.8) is 0 Å². The summed E-state index contributed by atoms with van der Waals surface area (Å²) in [6.07, 6.45) is 5.23. The van der Waals surface area contributed by atoms with E-state index in [1.165, 1.54) is 0 Å². The molecule has 1 fully saturated rings. The van der Waals surface area contributed by atoms with E-state index in [2.05, 4.69) is 6.92 Å². The van der Waals surface area contributed by atoms with Crippen LogP contribution < -0.4 is 9.47 Å². The van der Waals surface area contributed by atoms with E-state index in [-0.39, 0.29) is 68.2 Å². The topological polar surface area (TPSA) is 64.6 Å². The van der Waals surface area contributed by atoms with Crippen LogP contribution in [0.2, 0.25) is 46.2 Å². The lowest BCUT2D eigenvalue weighted by Crippen LogP contribution is -2.46. The fraction of sp³-hybridized carbons (Fsp3) is 0.636. The molecule has 0 aromatic heterocycles. The molecule has 1 aliphatic heterocycles. The van der Waals surface area contributed by atoms with Crippen molar-refractivity contribution in [1.82, 2.24) is 0 Å². The number of ether oxygens (including phenoxy) is 4. The summed E-state index contributed by atoms with van der Waals surface area (Å²) in [5, 5.41) is 0.351. The van der Waals surface area contributed by atoms with Gasteiger partial charge in [-0.3, -0.25) is 0 Å². The van der Waals surface area contributed by atoms with Crippen LogP contribution in [0.3, 0.4) is 0 Å². The minimum atomic E-state index is -2.63. The summed E-state index contributed by atoms with van der Waals surface area (Å²) in [6.45, 7) is 12.7. The van der Waals surface area contributed by atoms with Gasteiger partial charge in [0.05, 0.1) is 51.9 Å². The lowest BCUT2D eigenvalue weighted by molar-refractivity contribution is -0.133. The van der Waals surface area contributed by atoms with Crippen LogP contribution in [0.5, 0.6) is 11.5 Å². The third-order valence-electron chi connectivity index (χ3n) is 8.08. The number of benzene rings is 2. The predicted molar refractivity (Wildman–Crippen MR) is 206 cm³/mol. The fourth-order valence-corrected chi connectivity index (χ4v) is 10.1. The smallest absolute Gasteiger partial charge is 0.490 e.